The van der Waals surface area contributed by atoms with E-state index in [0.717, 1.165) is 0 Å². The molecule has 0 aliphatic rings. The molecule has 0 bridgehead atoms. The van der Waals surface area contributed by atoms with Gasteiger partial charge < -0.3 is 4.90 Å². The van der Waals surface area contributed by atoms with Crippen molar-refractivity contribution in [3.8, 4) is 0 Å². The van der Waals surface area contributed by atoms with Crippen molar-refractivity contribution in [2.24, 2.45) is 0 Å². The predicted octanol–water partition coefficient (Wildman–Crippen LogP) is 4.21. The molecular formula is C14H13ClF2N2. The van der Waals surface area contributed by atoms with E-state index in [0.29, 0.717) is 5.56 Å². The normalized spacial score (nSPS) is 12.3. The maximum atomic E-state index is 13.8. The zero-order valence-electron chi connectivity index (χ0n) is 10.6. The Morgan fingerprint density at radius 2 is 1.89 bits per heavy atom. The first kappa shape index (κ1) is 13.7. The molecule has 1 aromatic carbocycles. The molecule has 2 nitrogen and oxygen atoms in total. The Hall–Kier alpha value is -1.68. The Morgan fingerprint density at radius 3 is 2.53 bits per heavy atom. The number of anilines is 1. The molecule has 5 heteroatoms. The molecule has 0 N–H and O–H groups in total. The summed E-state index contributed by atoms with van der Waals surface area (Å²) in [7, 11) is 1.66. The summed E-state index contributed by atoms with van der Waals surface area (Å²) in [6.45, 7) is 1.79. The topological polar surface area (TPSA) is 16.1 Å². The van der Waals surface area contributed by atoms with Crippen LogP contribution in [0.2, 0.25) is 5.02 Å². The van der Waals surface area contributed by atoms with Crippen LogP contribution in [0.4, 0.5) is 14.6 Å². The molecule has 100 valence electrons. The summed E-state index contributed by atoms with van der Waals surface area (Å²) in [5, 5.41) is 0.230. The molecule has 0 fully saturated rings. The summed E-state index contributed by atoms with van der Waals surface area (Å²) in [5.41, 5.74) is 0.487. The van der Waals surface area contributed by atoms with Crippen molar-refractivity contribution >= 4 is 17.4 Å². The number of hydrogen-bond acceptors (Lipinski definition) is 2. The van der Waals surface area contributed by atoms with Crippen molar-refractivity contribution < 1.29 is 8.78 Å². The summed E-state index contributed by atoms with van der Waals surface area (Å²) in [6, 6.07) is 7.26. The minimum absolute atomic E-state index is 0.139. The van der Waals surface area contributed by atoms with Crippen molar-refractivity contribution in [2.75, 3.05) is 11.9 Å². The van der Waals surface area contributed by atoms with Gasteiger partial charge in [0.1, 0.15) is 5.82 Å². The summed E-state index contributed by atoms with van der Waals surface area (Å²) in [5.74, 6) is -0.713. The lowest BCUT2D eigenvalue weighted by Gasteiger charge is -2.26. The van der Waals surface area contributed by atoms with E-state index >= 15 is 0 Å². The highest BCUT2D eigenvalue weighted by Gasteiger charge is 2.19. The van der Waals surface area contributed by atoms with E-state index in [1.807, 2.05) is 0 Å². The highest BCUT2D eigenvalue weighted by Crippen LogP contribution is 2.28. The van der Waals surface area contributed by atoms with Gasteiger partial charge in [0, 0.05) is 18.8 Å². The van der Waals surface area contributed by atoms with Gasteiger partial charge in [-0.05, 0) is 19.1 Å². The first-order valence-corrected chi connectivity index (χ1v) is 6.17. The first-order valence-electron chi connectivity index (χ1n) is 5.79. The molecular weight excluding hydrogens is 270 g/mol. The number of pyridine rings is 1. The third kappa shape index (κ3) is 2.84. The fourth-order valence-corrected chi connectivity index (χ4v) is 2.02. The maximum absolute atomic E-state index is 13.8. The Morgan fingerprint density at radius 1 is 1.21 bits per heavy atom. The lowest BCUT2D eigenvalue weighted by Crippen LogP contribution is -2.24. The molecule has 0 amide bonds. The van der Waals surface area contributed by atoms with E-state index in [9.17, 15) is 8.78 Å². The zero-order valence-corrected chi connectivity index (χ0v) is 11.3. The number of nitrogens with zero attached hydrogens (tertiary/aromatic N) is 2. The molecule has 0 saturated carbocycles. The molecule has 0 saturated heterocycles. The van der Waals surface area contributed by atoms with Gasteiger partial charge in [-0.1, -0.05) is 29.8 Å². The van der Waals surface area contributed by atoms with Gasteiger partial charge in [-0.25, -0.2) is 13.8 Å². The standard InChI is InChI=1S/C14H13ClF2N2/c1-9(11-5-3-4-6-12(11)16)19(2)14-13(17)7-10(15)8-18-14/h3-9H,1-2H3. The van der Waals surface area contributed by atoms with Crippen LogP contribution in [0.1, 0.15) is 18.5 Å². The van der Waals surface area contributed by atoms with Crippen molar-refractivity contribution in [3.63, 3.8) is 0 Å². The third-order valence-corrected chi connectivity index (χ3v) is 3.27. The average molecular weight is 283 g/mol. The Balaban J connectivity index is 2.33. The van der Waals surface area contributed by atoms with Gasteiger partial charge in [0.05, 0.1) is 11.1 Å². The van der Waals surface area contributed by atoms with Crippen LogP contribution >= 0.6 is 11.6 Å². The van der Waals surface area contributed by atoms with Crippen LogP contribution in [-0.2, 0) is 0 Å². The third-order valence-electron chi connectivity index (χ3n) is 3.06. The van der Waals surface area contributed by atoms with Crippen molar-refractivity contribution in [1.29, 1.82) is 0 Å². The van der Waals surface area contributed by atoms with E-state index in [-0.39, 0.29) is 22.7 Å². The summed E-state index contributed by atoms with van der Waals surface area (Å²) >= 11 is 5.66. The van der Waals surface area contributed by atoms with Crippen LogP contribution < -0.4 is 4.90 Å². The van der Waals surface area contributed by atoms with Crippen molar-refractivity contribution in [1.82, 2.24) is 4.98 Å². The van der Waals surface area contributed by atoms with Crippen molar-refractivity contribution in [2.45, 2.75) is 13.0 Å². The van der Waals surface area contributed by atoms with Crippen LogP contribution in [0.5, 0.6) is 0 Å². The predicted molar refractivity (Wildman–Crippen MR) is 72.4 cm³/mol. The van der Waals surface area contributed by atoms with Crippen LogP contribution in [0, 0.1) is 11.6 Å². The molecule has 19 heavy (non-hydrogen) atoms. The Labute approximate surface area is 115 Å². The largest absolute Gasteiger partial charge is 0.350 e. The maximum Gasteiger partial charge on any atom is 0.167 e. The number of rotatable bonds is 3. The van der Waals surface area contributed by atoms with E-state index in [2.05, 4.69) is 4.98 Å². The lowest BCUT2D eigenvalue weighted by atomic mass is 10.1. The van der Waals surface area contributed by atoms with Gasteiger partial charge >= 0.3 is 0 Å². The highest BCUT2D eigenvalue weighted by molar-refractivity contribution is 6.30. The molecule has 1 aromatic heterocycles. The van der Waals surface area contributed by atoms with Crippen LogP contribution in [-0.4, -0.2) is 12.0 Å². The molecule has 0 aliphatic heterocycles. The first-order chi connectivity index (χ1) is 9.00. The van der Waals surface area contributed by atoms with Crippen molar-refractivity contribution in [3.05, 3.63) is 58.7 Å². The number of aromatic nitrogens is 1. The molecule has 0 radical (unpaired) electrons. The van der Waals surface area contributed by atoms with Gasteiger partial charge in [0.2, 0.25) is 0 Å². The Bertz CT molecular complexity index is 589. The Kier molecular flexibility index (Phi) is 4.00. The molecule has 2 rings (SSSR count). The van der Waals surface area contributed by atoms with E-state index in [1.54, 1.807) is 37.1 Å². The van der Waals surface area contributed by atoms with Crippen LogP contribution in [0.15, 0.2) is 36.5 Å². The van der Waals surface area contributed by atoms with Crippen LogP contribution in [0.3, 0.4) is 0 Å². The number of hydrogen-bond donors (Lipinski definition) is 0. The highest BCUT2D eigenvalue weighted by atomic mass is 35.5. The fraction of sp³-hybridized carbons (Fsp3) is 0.214. The van der Waals surface area contributed by atoms with Gasteiger partial charge in [-0.15, -0.1) is 0 Å². The molecule has 1 heterocycles. The monoisotopic (exact) mass is 282 g/mol. The lowest BCUT2D eigenvalue weighted by molar-refractivity contribution is 0.571. The van der Waals surface area contributed by atoms with E-state index < -0.39 is 5.82 Å². The summed E-state index contributed by atoms with van der Waals surface area (Å²) < 4.78 is 27.5. The molecule has 0 aliphatic carbocycles. The smallest absolute Gasteiger partial charge is 0.167 e. The quantitative estimate of drug-likeness (QED) is 0.838. The van der Waals surface area contributed by atoms with E-state index in [4.69, 9.17) is 11.6 Å². The fourth-order valence-electron chi connectivity index (χ4n) is 1.87. The second-order valence-corrected chi connectivity index (χ2v) is 4.70. The van der Waals surface area contributed by atoms with Gasteiger partial charge in [-0.3, -0.25) is 0 Å². The van der Waals surface area contributed by atoms with Crippen LogP contribution in [0.25, 0.3) is 0 Å². The summed E-state index contributed by atoms with van der Waals surface area (Å²) in [4.78, 5) is 5.52. The SMILES string of the molecule is CC(c1ccccc1F)N(C)c1ncc(Cl)cc1F. The minimum Gasteiger partial charge on any atom is -0.350 e. The second-order valence-electron chi connectivity index (χ2n) is 4.27. The minimum atomic E-state index is -0.529. The molecule has 1 unspecified atom stereocenters. The van der Waals surface area contributed by atoms with Gasteiger partial charge in [0.25, 0.3) is 0 Å². The molecule has 1 atom stereocenters. The summed E-state index contributed by atoms with van der Waals surface area (Å²) in [6.07, 6.45) is 1.37. The molecule has 0 spiro atoms. The van der Waals surface area contributed by atoms with Gasteiger partial charge in [-0.2, -0.15) is 0 Å². The number of benzene rings is 1. The zero-order chi connectivity index (χ0) is 14.0. The van der Waals surface area contributed by atoms with Gasteiger partial charge in [0.15, 0.2) is 11.6 Å². The number of halogens is 3. The average Bonchev–Trinajstić information content (AvgIpc) is 2.38. The van der Waals surface area contributed by atoms with E-state index in [1.165, 1.54) is 18.3 Å². The second kappa shape index (κ2) is 5.53. The molecule has 2 aromatic rings.